The Balaban J connectivity index is 1.34. The predicted molar refractivity (Wildman–Crippen MR) is 212 cm³/mol. The van der Waals surface area contributed by atoms with Crippen molar-refractivity contribution in [3.8, 4) is 0 Å². The second-order valence-corrected chi connectivity index (χ2v) is 16.9. The van der Waals surface area contributed by atoms with E-state index in [2.05, 4.69) is 24.5 Å². The van der Waals surface area contributed by atoms with E-state index in [9.17, 15) is 24.3 Å². The molecule has 4 N–H and O–H groups in total. The zero-order chi connectivity index (χ0) is 41.9. The molecule has 58 heavy (non-hydrogen) atoms. The molecule has 15 heteroatoms. The molecule has 0 aromatic heterocycles. The lowest BCUT2D eigenvalue weighted by Crippen LogP contribution is -2.69. The average Bonchev–Trinajstić information content (AvgIpc) is 3.73. The number of carbonyl (C=O) groups excluding carboxylic acids is 4. The molecule has 2 amide bonds. The predicted octanol–water partition coefficient (Wildman–Crippen LogP) is 4.21. The van der Waals surface area contributed by atoms with E-state index >= 15 is 0 Å². The van der Waals surface area contributed by atoms with Gasteiger partial charge in [-0.3, -0.25) is 24.0 Å². The Kier molecular flexibility index (Phi) is 16.1. The Morgan fingerprint density at radius 2 is 1.69 bits per heavy atom. The van der Waals surface area contributed by atoms with Gasteiger partial charge in [0.2, 0.25) is 11.8 Å². The molecule has 324 valence electrons. The van der Waals surface area contributed by atoms with Crippen molar-refractivity contribution in [2.75, 3.05) is 26.4 Å². The van der Waals surface area contributed by atoms with Crippen molar-refractivity contribution in [3.05, 3.63) is 41.7 Å². The summed E-state index contributed by atoms with van der Waals surface area (Å²) in [6.07, 6.45) is 7.84. The summed E-state index contributed by atoms with van der Waals surface area (Å²) in [4.78, 5) is 60.7. The highest BCUT2D eigenvalue weighted by Crippen LogP contribution is 2.58. The minimum Gasteiger partial charge on any atom is -0.499 e. The number of hydrogen-bond donors (Lipinski definition) is 4. The van der Waals surface area contributed by atoms with E-state index in [1.54, 1.807) is 31.9 Å². The van der Waals surface area contributed by atoms with Gasteiger partial charge in [0, 0.05) is 38.6 Å². The van der Waals surface area contributed by atoms with Crippen LogP contribution in [0.3, 0.4) is 0 Å². The molecule has 4 aliphatic rings. The summed E-state index contributed by atoms with van der Waals surface area (Å²) in [7, 11) is 0. The zero-order valence-corrected chi connectivity index (χ0v) is 34.9. The number of unbranched alkanes of at least 4 members (excludes halogenated alkanes) is 4. The molecule has 2 unspecified atom stereocenters. The quantitative estimate of drug-likeness (QED) is 0.0699. The summed E-state index contributed by atoms with van der Waals surface area (Å²) < 4.78 is 30.5. The van der Waals surface area contributed by atoms with Crippen LogP contribution in [0.2, 0.25) is 0 Å². The second kappa shape index (κ2) is 20.6. The normalized spacial score (nSPS) is 26.5. The van der Waals surface area contributed by atoms with Crippen molar-refractivity contribution < 1.29 is 57.9 Å². The molecule has 3 aliphatic heterocycles. The van der Waals surface area contributed by atoms with Gasteiger partial charge in [-0.1, -0.05) is 63.8 Å². The second-order valence-electron chi connectivity index (χ2n) is 16.9. The smallest absolute Gasteiger partial charge is 0.327 e. The van der Waals surface area contributed by atoms with E-state index in [0.29, 0.717) is 12.8 Å². The molecular weight excluding hydrogens is 750 g/mol. The fourth-order valence-electron chi connectivity index (χ4n) is 8.51. The highest BCUT2D eigenvalue weighted by Gasteiger charge is 2.76. The van der Waals surface area contributed by atoms with E-state index in [4.69, 9.17) is 33.6 Å². The molecule has 2 bridgehead atoms. The molecule has 15 nitrogen and oxygen atoms in total. The highest BCUT2D eigenvalue weighted by atomic mass is 16.8. The van der Waals surface area contributed by atoms with Crippen molar-refractivity contribution in [1.82, 2.24) is 15.7 Å². The minimum absolute atomic E-state index is 0.0204. The third-order valence-corrected chi connectivity index (χ3v) is 11.2. The van der Waals surface area contributed by atoms with Crippen LogP contribution in [-0.2, 0) is 54.2 Å². The maximum absolute atomic E-state index is 14.7. The molecule has 1 saturated carbocycles. The van der Waals surface area contributed by atoms with E-state index in [1.165, 1.54) is 6.26 Å². The first kappa shape index (κ1) is 45.5. The minimum atomic E-state index is -1.41. The van der Waals surface area contributed by atoms with Crippen molar-refractivity contribution in [2.45, 2.75) is 166 Å². The number of aliphatic hydroxyl groups is 2. The number of amides is 2. The first-order valence-corrected chi connectivity index (χ1v) is 21.2. The summed E-state index contributed by atoms with van der Waals surface area (Å²) in [6, 6.07) is 5.82. The lowest BCUT2D eigenvalue weighted by Gasteiger charge is -2.48. The standard InChI is InChI=1S/C43H65N3O12/c1-6-8-10-20-42(21-11-9-7-2)56-35-32-26-43(40(52)44-22-18-33(49)45-31(28-48)16-17-34(50)55-41(3,4)5)37(39(51)54-32)46(58-38(43)36(35)57-42)27-30-14-12-29(13-15-30)19-24-53-25-23-47/h12-15,19,24,31-32,35-38,47-48H,6-11,16-18,20-23,25-28H2,1-5H3,(H,44,52)(H,45,49)/t31-,32?,35-,36-,37-,38+,43?/m0/s1. The largest absolute Gasteiger partial charge is 0.499 e. The zero-order valence-electron chi connectivity index (χ0n) is 34.9. The highest BCUT2D eigenvalue weighted by molar-refractivity contribution is 5.94. The summed E-state index contributed by atoms with van der Waals surface area (Å²) in [5.74, 6) is -2.77. The van der Waals surface area contributed by atoms with E-state index < -0.39 is 77.1 Å². The Labute approximate surface area is 342 Å². The number of aliphatic hydroxyl groups excluding tert-OH is 2. The van der Waals surface area contributed by atoms with Crippen LogP contribution in [-0.4, -0.2) is 113 Å². The summed E-state index contributed by atoms with van der Waals surface area (Å²) in [5, 5.41) is 26.1. The Morgan fingerprint density at radius 3 is 2.33 bits per heavy atom. The lowest BCUT2D eigenvalue weighted by molar-refractivity contribution is -0.224. The number of ether oxygens (including phenoxy) is 5. The summed E-state index contributed by atoms with van der Waals surface area (Å²) in [5.41, 5.74) is -0.356. The van der Waals surface area contributed by atoms with Crippen molar-refractivity contribution in [1.29, 1.82) is 0 Å². The van der Waals surface area contributed by atoms with Gasteiger partial charge in [0.15, 0.2) is 11.8 Å². The summed E-state index contributed by atoms with van der Waals surface area (Å²) in [6.45, 7) is 9.46. The molecule has 1 aromatic carbocycles. The molecule has 1 aromatic rings. The van der Waals surface area contributed by atoms with E-state index in [0.717, 1.165) is 49.7 Å². The number of fused-ring (bicyclic) bond motifs is 4. The third kappa shape index (κ3) is 11.2. The number of hydroxylamine groups is 2. The topological polar surface area (TPSA) is 191 Å². The van der Waals surface area contributed by atoms with Crippen LogP contribution >= 0.6 is 0 Å². The Morgan fingerprint density at radius 1 is 1.00 bits per heavy atom. The first-order valence-electron chi connectivity index (χ1n) is 21.2. The molecule has 0 radical (unpaired) electrons. The number of esters is 2. The number of benzene rings is 1. The number of hydrogen-bond acceptors (Lipinski definition) is 13. The van der Waals surface area contributed by atoms with Crippen LogP contribution in [0.1, 0.15) is 123 Å². The molecule has 3 saturated heterocycles. The van der Waals surface area contributed by atoms with Crippen molar-refractivity contribution in [2.24, 2.45) is 5.41 Å². The molecular formula is C43H65N3O12. The van der Waals surface area contributed by atoms with Gasteiger partial charge in [0.25, 0.3) is 0 Å². The SMILES string of the molecule is CCCCCC1(CCCCC)O[C@@H]2[C@H]3ON(Cc4ccc(C=COCCO)cc4)[C@H]4C(=O)OC(CC34C(=O)NCCC(=O)N[C@H](CO)CCC(=O)OC(C)(C)C)[C@@H]2O1. The fourth-order valence-corrected chi connectivity index (χ4v) is 8.51. The van der Waals surface area contributed by atoms with Gasteiger partial charge in [0.05, 0.1) is 32.1 Å². The van der Waals surface area contributed by atoms with E-state index in [-0.39, 0.29) is 58.6 Å². The molecule has 5 rings (SSSR count). The van der Waals surface area contributed by atoms with Gasteiger partial charge in [-0.2, -0.15) is 5.06 Å². The monoisotopic (exact) mass is 815 g/mol. The van der Waals surface area contributed by atoms with E-state index in [1.807, 2.05) is 24.3 Å². The van der Waals surface area contributed by atoms with Crippen LogP contribution in [0.5, 0.6) is 0 Å². The van der Waals surface area contributed by atoms with Gasteiger partial charge in [-0.25, -0.2) is 0 Å². The fraction of sp³-hybridized carbons (Fsp3) is 0.721. The number of nitrogens with zero attached hydrogens (tertiary/aromatic N) is 1. The third-order valence-electron chi connectivity index (χ3n) is 11.2. The number of carbonyl (C=O) groups is 4. The van der Waals surface area contributed by atoms with Gasteiger partial charge in [-0.15, -0.1) is 0 Å². The molecule has 4 fully saturated rings. The van der Waals surface area contributed by atoms with Crippen LogP contribution in [0, 0.1) is 5.41 Å². The van der Waals surface area contributed by atoms with Gasteiger partial charge in [0.1, 0.15) is 42.0 Å². The van der Waals surface area contributed by atoms with Crippen LogP contribution in [0.4, 0.5) is 0 Å². The number of nitrogens with one attached hydrogen (secondary N) is 2. The maximum Gasteiger partial charge on any atom is 0.327 e. The average molecular weight is 816 g/mol. The van der Waals surface area contributed by atoms with Gasteiger partial charge in [-0.05, 0) is 57.2 Å². The number of rotatable bonds is 23. The van der Waals surface area contributed by atoms with Crippen molar-refractivity contribution >= 4 is 29.8 Å². The van der Waals surface area contributed by atoms with Gasteiger partial charge >= 0.3 is 11.9 Å². The van der Waals surface area contributed by atoms with Crippen molar-refractivity contribution in [3.63, 3.8) is 0 Å². The Bertz CT molecular complexity index is 1550. The maximum atomic E-state index is 14.7. The van der Waals surface area contributed by atoms with Crippen LogP contribution < -0.4 is 10.6 Å². The lowest BCUT2D eigenvalue weighted by atomic mass is 9.62. The summed E-state index contributed by atoms with van der Waals surface area (Å²) >= 11 is 0. The van der Waals surface area contributed by atoms with Crippen LogP contribution in [0.25, 0.3) is 6.08 Å². The first-order chi connectivity index (χ1) is 27.8. The molecule has 1 aliphatic carbocycles. The molecule has 0 spiro atoms. The van der Waals surface area contributed by atoms with Gasteiger partial charge < -0.3 is 44.5 Å². The van der Waals surface area contributed by atoms with Crippen LogP contribution in [0.15, 0.2) is 30.5 Å². The molecule has 7 atom stereocenters. The Hall–Kier alpha value is -3.60. The molecule has 3 heterocycles.